The molecule has 2 unspecified atom stereocenters. The number of primary amides is 1. The van der Waals surface area contributed by atoms with Gasteiger partial charge in [-0.2, -0.15) is 0 Å². The average Bonchev–Trinajstić information content (AvgIpc) is 2.60. The Balaban J connectivity index is 2.56. The van der Waals surface area contributed by atoms with E-state index in [0.29, 0.717) is 6.42 Å². The van der Waals surface area contributed by atoms with Crippen LogP contribution < -0.4 is 16.4 Å². The van der Waals surface area contributed by atoms with Crippen molar-refractivity contribution >= 4 is 23.8 Å². The van der Waals surface area contributed by atoms with E-state index in [1.165, 1.54) is 0 Å². The van der Waals surface area contributed by atoms with E-state index in [0.717, 1.165) is 4.90 Å². The number of nitrogens with two attached hydrogens (primary N) is 1. The van der Waals surface area contributed by atoms with Crippen molar-refractivity contribution in [3.63, 3.8) is 0 Å². The quantitative estimate of drug-likeness (QED) is 0.405. The maximum absolute atomic E-state index is 12.0. The SMILES string of the molecule is CCC1(C)NC(=O)N(CC(=O)NCC(O)C(N)=O)C1=O. The maximum atomic E-state index is 12.0. The molecule has 1 aliphatic heterocycles. The summed E-state index contributed by atoms with van der Waals surface area (Å²) in [4.78, 5) is 46.6. The number of hydrogen-bond donors (Lipinski definition) is 4. The topological polar surface area (TPSA) is 142 Å². The molecule has 0 aromatic heterocycles. The number of amides is 5. The highest BCUT2D eigenvalue weighted by molar-refractivity contribution is 6.08. The highest BCUT2D eigenvalue weighted by Gasteiger charge is 2.46. The molecule has 5 N–H and O–H groups in total. The number of nitrogens with one attached hydrogen (secondary N) is 2. The summed E-state index contributed by atoms with van der Waals surface area (Å²) in [5.74, 6) is -2.14. The molecule has 0 aromatic carbocycles. The molecule has 0 aromatic rings. The molecule has 5 amide bonds. The van der Waals surface area contributed by atoms with Crippen LogP contribution in [0.2, 0.25) is 0 Å². The molecule has 1 fully saturated rings. The summed E-state index contributed by atoms with van der Waals surface area (Å²) in [5.41, 5.74) is 3.80. The molecule has 0 aliphatic carbocycles. The van der Waals surface area contributed by atoms with Gasteiger partial charge in [0, 0.05) is 0 Å². The zero-order valence-electron chi connectivity index (χ0n) is 11.3. The van der Waals surface area contributed by atoms with Gasteiger partial charge in [-0.1, -0.05) is 6.92 Å². The Hall–Kier alpha value is -2.16. The number of carbonyl (C=O) groups excluding carboxylic acids is 4. The number of rotatable bonds is 6. The Kier molecular flexibility index (Phi) is 4.66. The van der Waals surface area contributed by atoms with Crippen LogP contribution in [0.1, 0.15) is 20.3 Å². The lowest BCUT2D eigenvalue weighted by atomic mass is 9.99. The number of urea groups is 1. The lowest BCUT2D eigenvalue weighted by molar-refractivity contribution is -0.135. The predicted octanol–water partition coefficient (Wildman–Crippen LogP) is -2.33. The van der Waals surface area contributed by atoms with Crippen molar-refractivity contribution in [2.24, 2.45) is 5.73 Å². The third kappa shape index (κ3) is 3.23. The molecule has 1 heterocycles. The number of nitrogens with zero attached hydrogens (tertiary/aromatic N) is 1. The summed E-state index contributed by atoms with van der Waals surface area (Å²) < 4.78 is 0. The summed E-state index contributed by atoms with van der Waals surface area (Å²) in [5, 5.41) is 13.8. The molecule has 1 aliphatic rings. The van der Waals surface area contributed by atoms with Crippen molar-refractivity contribution in [3.05, 3.63) is 0 Å². The van der Waals surface area contributed by atoms with Crippen molar-refractivity contribution in [1.82, 2.24) is 15.5 Å². The van der Waals surface area contributed by atoms with Crippen LogP contribution in [0.4, 0.5) is 4.79 Å². The van der Waals surface area contributed by atoms with Gasteiger partial charge in [-0.25, -0.2) is 4.79 Å². The highest BCUT2D eigenvalue weighted by Crippen LogP contribution is 2.20. The Labute approximate surface area is 115 Å². The average molecular weight is 286 g/mol. The van der Waals surface area contributed by atoms with E-state index in [4.69, 9.17) is 10.8 Å². The van der Waals surface area contributed by atoms with Crippen molar-refractivity contribution in [2.75, 3.05) is 13.1 Å². The van der Waals surface area contributed by atoms with Gasteiger partial charge < -0.3 is 21.5 Å². The molecule has 1 rings (SSSR count). The van der Waals surface area contributed by atoms with Crippen LogP contribution in [0.15, 0.2) is 0 Å². The molecule has 112 valence electrons. The minimum absolute atomic E-state index is 0.372. The van der Waals surface area contributed by atoms with Crippen LogP contribution in [0.25, 0.3) is 0 Å². The van der Waals surface area contributed by atoms with E-state index in [9.17, 15) is 19.2 Å². The number of carbonyl (C=O) groups is 4. The smallest absolute Gasteiger partial charge is 0.325 e. The summed E-state index contributed by atoms with van der Waals surface area (Å²) in [6.07, 6.45) is -1.11. The fourth-order valence-electron chi connectivity index (χ4n) is 1.64. The predicted molar refractivity (Wildman–Crippen MR) is 67.2 cm³/mol. The van der Waals surface area contributed by atoms with Crippen LogP contribution in [0, 0.1) is 0 Å². The number of imide groups is 1. The zero-order valence-corrected chi connectivity index (χ0v) is 11.3. The van der Waals surface area contributed by atoms with Crippen molar-refractivity contribution in [1.29, 1.82) is 0 Å². The van der Waals surface area contributed by atoms with Gasteiger partial charge in [0.15, 0.2) is 0 Å². The zero-order chi connectivity index (χ0) is 15.5. The Morgan fingerprint density at radius 1 is 1.50 bits per heavy atom. The second-order valence-corrected chi connectivity index (χ2v) is 4.73. The second kappa shape index (κ2) is 5.87. The van der Waals surface area contributed by atoms with E-state index < -0.39 is 41.9 Å². The molecule has 9 heteroatoms. The first-order valence-corrected chi connectivity index (χ1v) is 6.09. The Morgan fingerprint density at radius 2 is 2.10 bits per heavy atom. The first-order chi connectivity index (χ1) is 9.21. The Bertz CT molecular complexity index is 452. The monoisotopic (exact) mass is 286 g/mol. The summed E-state index contributed by atoms with van der Waals surface area (Å²) in [6.45, 7) is 2.46. The van der Waals surface area contributed by atoms with E-state index in [1.807, 2.05) is 0 Å². The molecular formula is C11H18N4O5. The fourth-order valence-corrected chi connectivity index (χ4v) is 1.64. The molecule has 0 saturated carbocycles. The number of aliphatic hydroxyl groups excluding tert-OH is 1. The molecule has 0 spiro atoms. The van der Waals surface area contributed by atoms with Gasteiger partial charge in [-0.05, 0) is 13.3 Å². The van der Waals surface area contributed by atoms with Gasteiger partial charge in [-0.15, -0.1) is 0 Å². The summed E-state index contributed by atoms with van der Waals surface area (Å²) in [7, 11) is 0. The third-order valence-corrected chi connectivity index (χ3v) is 3.17. The van der Waals surface area contributed by atoms with E-state index >= 15 is 0 Å². The second-order valence-electron chi connectivity index (χ2n) is 4.73. The first-order valence-electron chi connectivity index (χ1n) is 6.09. The third-order valence-electron chi connectivity index (χ3n) is 3.17. The number of aliphatic hydroxyl groups is 1. The van der Waals surface area contributed by atoms with Gasteiger partial charge >= 0.3 is 6.03 Å². The lowest BCUT2D eigenvalue weighted by Crippen LogP contribution is -2.46. The van der Waals surface area contributed by atoms with Gasteiger partial charge in [-0.3, -0.25) is 19.3 Å². The van der Waals surface area contributed by atoms with Crippen molar-refractivity contribution < 1.29 is 24.3 Å². The fraction of sp³-hybridized carbons (Fsp3) is 0.636. The van der Waals surface area contributed by atoms with Gasteiger partial charge in [0.25, 0.3) is 5.91 Å². The molecule has 2 atom stereocenters. The van der Waals surface area contributed by atoms with Crippen molar-refractivity contribution in [3.8, 4) is 0 Å². The first kappa shape index (κ1) is 15.9. The number of hydrogen-bond acceptors (Lipinski definition) is 5. The molecule has 0 bridgehead atoms. The molecule has 1 saturated heterocycles. The maximum Gasteiger partial charge on any atom is 0.325 e. The standard InChI is InChI=1S/C11H18N4O5/c1-3-11(2)9(19)15(10(20)14-11)5-7(17)13-4-6(16)8(12)18/h6,16H,3-5H2,1-2H3,(H2,12,18)(H,13,17)(H,14,20). The molecule has 0 radical (unpaired) electrons. The minimum atomic E-state index is -1.51. The van der Waals surface area contributed by atoms with Gasteiger partial charge in [0.1, 0.15) is 18.2 Å². The lowest BCUT2D eigenvalue weighted by Gasteiger charge is -2.19. The summed E-state index contributed by atoms with van der Waals surface area (Å²) >= 11 is 0. The van der Waals surface area contributed by atoms with Crippen molar-refractivity contribution in [2.45, 2.75) is 31.9 Å². The molecular weight excluding hydrogens is 268 g/mol. The highest BCUT2D eigenvalue weighted by atomic mass is 16.3. The van der Waals surface area contributed by atoms with Crippen LogP contribution >= 0.6 is 0 Å². The largest absolute Gasteiger partial charge is 0.381 e. The Morgan fingerprint density at radius 3 is 2.55 bits per heavy atom. The molecule has 20 heavy (non-hydrogen) atoms. The van der Waals surface area contributed by atoms with Crippen LogP contribution in [-0.4, -0.2) is 58.5 Å². The minimum Gasteiger partial charge on any atom is -0.381 e. The van der Waals surface area contributed by atoms with Gasteiger partial charge in [0.05, 0.1) is 6.54 Å². The van der Waals surface area contributed by atoms with E-state index in [2.05, 4.69) is 10.6 Å². The van der Waals surface area contributed by atoms with E-state index in [-0.39, 0.29) is 6.54 Å². The van der Waals surface area contributed by atoms with E-state index in [1.54, 1.807) is 13.8 Å². The van der Waals surface area contributed by atoms with Crippen LogP contribution in [0.5, 0.6) is 0 Å². The summed E-state index contributed by atoms with van der Waals surface area (Å²) in [6, 6.07) is -0.648. The van der Waals surface area contributed by atoms with Gasteiger partial charge in [0.2, 0.25) is 11.8 Å². The normalized spacial score (nSPS) is 23.4. The van der Waals surface area contributed by atoms with Crippen LogP contribution in [0.3, 0.4) is 0 Å². The molecule has 9 nitrogen and oxygen atoms in total. The van der Waals surface area contributed by atoms with Crippen LogP contribution in [-0.2, 0) is 14.4 Å².